The van der Waals surface area contributed by atoms with Crippen molar-refractivity contribution in [3.8, 4) is 6.07 Å². The molecule has 5 aliphatic rings. The van der Waals surface area contributed by atoms with Gasteiger partial charge in [0.25, 0.3) is 0 Å². The zero-order valence-corrected chi connectivity index (χ0v) is 42.7. The predicted molar refractivity (Wildman–Crippen MR) is 268 cm³/mol. The standard InChI is InChI=1S/C50H66N10O8S2/c1-30(52-7)42(62)55-35-19-25-70-37-26-49(2,3)40(59(37)47(35)67)43(63)53-28-33(31-14-10-8-11-15-31)45(65)57-20-22-58(23-21-57)48(68)39(32-16-12-9-13-17-32)56-44(64)41-50(4,5)27-38-60(41)46(66)34(18-24-69-38)54-36(61)29-51-6/h8-17,30,33-35,37-41,51-52H,18-27,29H2,1-7H3,(H2-,54,55,56,61,62,64)/p+1/t30-,33?,34-,35-,37-,38-,39-,40+,41+/m0/s1. The molecule has 8 amide bonds. The summed E-state index contributed by atoms with van der Waals surface area (Å²) in [6.07, 6.45) is 1.93. The van der Waals surface area contributed by atoms with Crippen LogP contribution in [0.5, 0.6) is 0 Å². The van der Waals surface area contributed by atoms with Gasteiger partial charge in [-0.2, -0.15) is 4.79 Å². The van der Waals surface area contributed by atoms with Crippen molar-refractivity contribution in [1.82, 2.24) is 46.2 Å². The molecule has 5 fully saturated rings. The second kappa shape index (κ2) is 22.3. The van der Waals surface area contributed by atoms with Crippen molar-refractivity contribution in [1.29, 1.82) is 0 Å². The van der Waals surface area contributed by atoms with Gasteiger partial charge in [0.15, 0.2) is 12.0 Å². The molecule has 2 aromatic carbocycles. The van der Waals surface area contributed by atoms with E-state index in [-0.39, 0.29) is 78.9 Å². The number of nitrogens with zero attached hydrogens (tertiary/aromatic N) is 5. The van der Waals surface area contributed by atoms with E-state index in [2.05, 4.69) is 37.5 Å². The minimum Gasteiger partial charge on any atom is -0.343 e. The first kappa shape index (κ1) is 52.3. The van der Waals surface area contributed by atoms with Crippen LogP contribution < -0.4 is 26.6 Å². The molecule has 2 aromatic rings. The molecule has 7 rings (SSSR count). The lowest BCUT2D eigenvalue weighted by Gasteiger charge is -2.38. The van der Waals surface area contributed by atoms with Gasteiger partial charge in [0.05, 0.1) is 23.3 Å². The molecule has 18 nitrogen and oxygen atoms in total. The van der Waals surface area contributed by atoms with E-state index in [1.54, 1.807) is 113 Å². The van der Waals surface area contributed by atoms with Gasteiger partial charge in [0.2, 0.25) is 41.4 Å². The van der Waals surface area contributed by atoms with Crippen LogP contribution in [0.3, 0.4) is 0 Å². The van der Waals surface area contributed by atoms with Crippen LogP contribution in [-0.4, -0.2) is 166 Å². The topological polar surface area (TPSA) is 214 Å². The van der Waals surface area contributed by atoms with Gasteiger partial charge in [-0.3, -0.25) is 33.6 Å². The highest BCUT2D eigenvalue weighted by atomic mass is 32.2. The minimum atomic E-state index is -1.10. The summed E-state index contributed by atoms with van der Waals surface area (Å²) in [6.45, 7) is 10.1. The van der Waals surface area contributed by atoms with Crippen LogP contribution >= 0.6 is 23.5 Å². The fraction of sp³-hybridized carbons (Fsp3) is 0.580. The molecule has 5 saturated heterocycles. The number of rotatable bonds is 13. The molecule has 5 aliphatic heterocycles. The lowest BCUT2D eigenvalue weighted by Crippen LogP contribution is -2.59. The number of benzene rings is 2. The van der Waals surface area contributed by atoms with E-state index in [9.17, 15) is 38.4 Å². The predicted octanol–water partition coefficient (Wildman–Crippen LogP) is 2.14. The summed E-state index contributed by atoms with van der Waals surface area (Å²) in [5, 5.41) is 13.9. The van der Waals surface area contributed by atoms with Crippen molar-refractivity contribution in [2.45, 2.75) is 113 Å². The third kappa shape index (κ3) is 11.3. The van der Waals surface area contributed by atoms with Gasteiger partial charge >= 0.3 is 12.0 Å². The maximum Gasteiger partial charge on any atom is 0.538 e. The Morgan fingerprint density at radius 2 is 1.21 bits per heavy atom. The Balaban J connectivity index is 1.07. The van der Waals surface area contributed by atoms with Gasteiger partial charge in [-0.05, 0) is 74.7 Å². The molecule has 376 valence electrons. The number of piperazine rings is 1. The second-order valence-electron chi connectivity index (χ2n) is 20.1. The first-order valence-corrected chi connectivity index (χ1v) is 26.2. The van der Waals surface area contributed by atoms with Gasteiger partial charge in [0, 0.05) is 36.4 Å². The lowest BCUT2D eigenvalue weighted by atomic mass is 9.83. The van der Waals surface area contributed by atoms with Crippen LogP contribution in [0, 0.1) is 16.9 Å². The molecule has 0 saturated carbocycles. The van der Waals surface area contributed by atoms with Crippen LogP contribution in [0.25, 0.3) is 4.85 Å². The van der Waals surface area contributed by atoms with Crippen molar-refractivity contribution in [2.24, 2.45) is 10.8 Å². The average Bonchev–Trinajstić information content (AvgIpc) is 3.66. The molecule has 0 spiro atoms. The summed E-state index contributed by atoms with van der Waals surface area (Å²) in [5.74, 6) is -2.97. The Labute approximate surface area is 418 Å². The Hall–Kier alpha value is -5.49. The molecule has 0 radical (unpaired) electrons. The fourth-order valence-corrected chi connectivity index (χ4v) is 13.4. The van der Waals surface area contributed by atoms with Crippen LogP contribution in [0.1, 0.15) is 83.4 Å². The zero-order valence-electron chi connectivity index (χ0n) is 41.1. The number of nitrogens with one attached hydrogen (secondary N) is 5. The number of likely N-dealkylation sites (N-methyl/N-ethyl adjacent to an activating group) is 2. The van der Waals surface area contributed by atoms with Gasteiger partial charge < -0.3 is 46.2 Å². The second-order valence-corrected chi connectivity index (χ2v) is 22.6. The van der Waals surface area contributed by atoms with Gasteiger partial charge in [-0.1, -0.05) is 88.4 Å². The van der Waals surface area contributed by atoms with Crippen LogP contribution in [0.2, 0.25) is 0 Å². The molecule has 5 heterocycles. The summed E-state index contributed by atoms with van der Waals surface area (Å²) in [4.78, 5) is 123. The van der Waals surface area contributed by atoms with Crippen LogP contribution in [0.4, 0.5) is 0 Å². The number of hydrogen-bond acceptors (Lipinski definition) is 12. The van der Waals surface area contributed by atoms with Crippen LogP contribution in [-0.2, 0) is 38.4 Å². The van der Waals surface area contributed by atoms with Gasteiger partial charge in [-0.15, -0.1) is 23.5 Å². The van der Waals surface area contributed by atoms with Crippen molar-refractivity contribution >= 4 is 70.8 Å². The van der Waals surface area contributed by atoms with E-state index in [1.807, 2.05) is 39.8 Å². The third-order valence-electron chi connectivity index (χ3n) is 14.1. The van der Waals surface area contributed by atoms with E-state index in [1.165, 1.54) is 0 Å². The zero-order chi connectivity index (χ0) is 50.5. The number of carbonyl (C=O) groups excluding carboxylic acids is 8. The molecular formula is C50H67N10O8S2+. The molecule has 5 N–H and O–H groups in total. The van der Waals surface area contributed by atoms with E-state index in [0.717, 1.165) is 0 Å². The Bertz CT molecular complexity index is 2370. The van der Waals surface area contributed by atoms with Crippen molar-refractivity contribution < 1.29 is 38.4 Å². The maximum absolute atomic E-state index is 14.6. The molecule has 0 aromatic heterocycles. The normalized spacial score (nSPS) is 26.2. The Morgan fingerprint density at radius 1 is 0.714 bits per heavy atom. The lowest BCUT2D eigenvalue weighted by molar-refractivity contribution is -0.146. The molecule has 0 aliphatic carbocycles. The first-order valence-electron chi connectivity index (χ1n) is 24.1. The quantitative estimate of drug-likeness (QED) is 0.195. The highest BCUT2D eigenvalue weighted by Gasteiger charge is 2.59. The smallest absolute Gasteiger partial charge is 0.343 e. The van der Waals surface area contributed by atoms with Crippen molar-refractivity contribution in [3.63, 3.8) is 0 Å². The molecule has 1 unspecified atom stereocenters. The summed E-state index contributed by atoms with van der Waals surface area (Å²) in [7, 11) is 3.31. The van der Waals surface area contributed by atoms with Gasteiger partial charge in [0.1, 0.15) is 24.2 Å². The summed E-state index contributed by atoms with van der Waals surface area (Å²) < 4.78 is 0. The summed E-state index contributed by atoms with van der Waals surface area (Å²) in [6, 6.07) is 15.6. The van der Waals surface area contributed by atoms with E-state index in [4.69, 9.17) is 0 Å². The third-order valence-corrected chi connectivity index (χ3v) is 16.6. The Kier molecular flexibility index (Phi) is 16.7. The largest absolute Gasteiger partial charge is 0.538 e. The average molecular weight is 1000 g/mol. The highest BCUT2D eigenvalue weighted by Crippen LogP contribution is 2.48. The number of amides is 8. The molecule has 20 heteroatoms. The van der Waals surface area contributed by atoms with Gasteiger partial charge in [-0.25, -0.2) is 0 Å². The molecular weight excluding hydrogens is 933 g/mol. The summed E-state index contributed by atoms with van der Waals surface area (Å²) >= 11 is 3.16. The fourth-order valence-electron chi connectivity index (χ4n) is 10.3. The monoisotopic (exact) mass is 999 g/mol. The molecule has 70 heavy (non-hydrogen) atoms. The van der Waals surface area contributed by atoms with E-state index in [0.29, 0.717) is 48.3 Å². The Morgan fingerprint density at radius 3 is 1.76 bits per heavy atom. The minimum absolute atomic E-state index is 0.0463. The van der Waals surface area contributed by atoms with E-state index >= 15 is 0 Å². The van der Waals surface area contributed by atoms with E-state index < -0.39 is 64.8 Å². The molecule has 9 atom stereocenters. The number of carbonyl (C=O) groups is 8. The van der Waals surface area contributed by atoms with Crippen molar-refractivity contribution in [2.75, 3.05) is 58.3 Å². The number of hydrogen-bond donors (Lipinski definition) is 5. The van der Waals surface area contributed by atoms with Crippen molar-refractivity contribution in [3.05, 3.63) is 76.6 Å². The number of fused-ring (bicyclic) bond motifs is 2. The molecule has 0 bridgehead atoms. The summed E-state index contributed by atoms with van der Waals surface area (Å²) in [5.41, 5.74) is -0.206. The number of thioether (sulfide) groups is 2. The van der Waals surface area contributed by atoms with Crippen LogP contribution in [0.15, 0.2) is 60.7 Å². The maximum atomic E-state index is 14.6. The highest BCUT2D eigenvalue weighted by molar-refractivity contribution is 8.00. The SMILES string of the molecule is CNCC(=O)N[C@H]1CCS[C@H]2CC(C)(C)[C@@H](C(=O)N[C@H](C(=O)N3CCN(C(=O)C(C#[N+]C(=O)[C@H]4N5C(=O)[C@@H](NC(=O)[C@H](C)NC)CCS[C@H]5CC4(C)C)c4ccccc4)CC3)c3ccccc3)N2C1=O. The first-order chi connectivity index (χ1) is 33.4.